The Morgan fingerprint density at radius 1 is 1.26 bits per heavy atom. The zero-order chi connectivity index (χ0) is 13.7. The van der Waals surface area contributed by atoms with Crippen LogP contribution in [0.25, 0.3) is 0 Å². The number of aliphatic hydroxyl groups excluding tert-OH is 1. The van der Waals surface area contributed by atoms with Gasteiger partial charge in [-0.25, -0.2) is 0 Å². The number of nitrogens with one attached hydrogen (secondary N) is 1. The molecule has 0 radical (unpaired) electrons. The molecule has 0 aromatic carbocycles. The first-order valence-electron chi connectivity index (χ1n) is 7.85. The molecule has 0 aromatic heterocycles. The Bertz CT molecular complexity index is 290. The summed E-state index contributed by atoms with van der Waals surface area (Å²) in [5.41, 5.74) is 0. The Labute approximate surface area is 116 Å². The number of hydrogen-bond donors (Lipinski definition) is 2. The average Bonchev–Trinajstić information content (AvgIpc) is 2.89. The third-order valence-electron chi connectivity index (χ3n) is 4.76. The second-order valence-corrected chi connectivity index (χ2v) is 6.20. The smallest absolute Gasteiger partial charge is 0.221 e. The molecular weight excluding hydrogens is 240 g/mol. The first-order chi connectivity index (χ1) is 9.20. The van der Waals surface area contributed by atoms with Crippen molar-refractivity contribution in [2.75, 3.05) is 19.7 Å². The summed E-state index contributed by atoms with van der Waals surface area (Å²) < 4.78 is 0. The fourth-order valence-corrected chi connectivity index (χ4v) is 3.52. The van der Waals surface area contributed by atoms with E-state index in [-0.39, 0.29) is 18.6 Å². The van der Waals surface area contributed by atoms with E-state index in [1.807, 2.05) is 0 Å². The fourth-order valence-electron chi connectivity index (χ4n) is 3.52. The maximum absolute atomic E-state index is 11.9. The van der Waals surface area contributed by atoms with Crippen molar-refractivity contribution in [3.05, 3.63) is 0 Å². The van der Waals surface area contributed by atoms with E-state index >= 15 is 0 Å². The molecule has 4 heteroatoms. The molecule has 2 aliphatic rings. The molecule has 2 rings (SSSR count). The minimum Gasteiger partial charge on any atom is -0.395 e. The summed E-state index contributed by atoms with van der Waals surface area (Å²) in [7, 11) is 0. The minimum atomic E-state index is 0.182. The Morgan fingerprint density at radius 3 is 2.68 bits per heavy atom. The molecule has 1 aliphatic heterocycles. The number of aliphatic hydroxyl groups is 1. The summed E-state index contributed by atoms with van der Waals surface area (Å²) in [6, 6.07) is 0.662. The van der Waals surface area contributed by atoms with E-state index in [1.54, 1.807) is 0 Å². The molecule has 2 unspecified atom stereocenters. The number of nitrogens with zero attached hydrogens (tertiary/aromatic N) is 1. The third kappa shape index (κ3) is 4.18. The summed E-state index contributed by atoms with van der Waals surface area (Å²) >= 11 is 0. The van der Waals surface area contributed by atoms with Gasteiger partial charge in [-0.05, 0) is 38.1 Å². The van der Waals surface area contributed by atoms with E-state index in [0.29, 0.717) is 18.4 Å². The van der Waals surface area contributed by atoms with Gasteiger partial charge in [0.1, 0.15) is 0 Å². The van der Waals surface area contributed by atoms with Gasteiger partial charge in [0.25, 0.3) is 0 Å². The van der Waals surface area contributed by atoms with Gasteiger partial charge >= 0.3 is 0 Å². The highest BCUT2D eigenvalue weighted by Crippen LogP contribution is 2.23. The summed E-state index contributed by atoms with van der Waals surface area (Å²) in [5.74, 6) is 0.721. The maximum atomic E-state index is 11.9. The highest BCUT2D eigenvalue weighted by atomic mass is 16.3. The van der Waals surface area contributed by atoms with Crippen LogP contribution in [0.2, 0.25) is 0 Å². The van der Waals surface area contributed by atoms with Crippen molar-refractivity contribution in [3.63, 3.8) is 0 Å². The van der Waals surface area contributed by atoms with Gasteiger partial charge in [-0.15, -0.1) is 0 Å². The van der Waals surface area contributed by atoms with Crippen LogP contribution in [0.3, 0.4) is 0 Å². The van der Waals surface area contributed by atoms with Crippen molar-refractivity contribution < 1.29 is 9.90 Å². The fraction of sp³-hybridized carbons (Fsp3) is 0.933. The van der Waals surface area contributed by atoms with E-state index < -0.39 is 0 Å². The average molecular weight is 268 g/mol. The van der Waals surface area contributed by atoms with E-state index in [0.717, 1.165) is 25.9 Å². The lowest BCUT2D eigenvalue weighted by atomic mass is 9.91. The van der Waals surface area contributed by atoms with E-state index in [2.05, 4.69) is 17.1 Å². The summed E-state index contributed by atoms with van der Waals surface area (Å²) in [5, 5.41) is 12.6. The zero-order valence-electron chi connectivity index (χ0n) is 12.1. The Kier molecular flexibility index (Phi) is 5.64. The Balaban J connectivity index is 1.72. The molecule has 1 aliphatic carbocycles. The molecule has 19 heavy (non-hydrogen) atoms. The first-order valence-corrected chi connectivity index (χ1v) is 7.85. The van der Waals surface area contributed by atoms with Gasteiger partial charge in [-0.3, -0.25) is 9.69 Å². The summed E-state index contributed by atoms with van der Waals surface area (Å²) in [4.78, 5) is 14.2. The minimum absolute atomic E-state index is 0.182. The van der Waals surface area contributed by atoms with Gasteiger partial charge in [0.05, 0.1) is 6.61 Å². The van der Waals surface area contributed by atoms with Crippen molar-refractivity contribution >= 4 is 5.91 Å². The number of carbonyl (C=O) groups is 1. The van der Waals surface area contributed by atoms with Crippen molar-refractivity contribution in [2.45, 2.75) is 64.0 Å². The van der Waals surface area contributed by atoms with Crippen LogP contribution in [0.15, 0.2) is 0 Å². The summed E-state index contributed by atoms with van der Waals surface area (Å²) in [6.45, 7) is 4.22. The van der Waals surface area contributed by atoms with Gasteiger partial charge in [0.2, 0.25) is 5.91 Å². The number of piperidine rings is 1. The highest BCUT2D eigenvalue weighted by Gasteiger charge is 2.28. The molecule has 0 aromatic rings. The Hall–Kier alpha value is -0.610. The van der Waals surface area contributed by atoms with Crippen LogP contribution in [0.1, 0.15) is 51.9 Å². The van der Waals surface area contributed by atoms with Crippen LogP contribution in [-0.4, -0.2) is 47.7 Å². The molecule has 2 N–H and O–H groups in total. The lowest BCUT2D eigenvalue weighted by Crippen LogP contribution is -2.48. The van der Waals surface area contributed by atoms with Gasteiger partial charge in [-0.2, -0.15) is 0 Å². The van der Waals surface area contributed by atoms with Crippen LogP contribution >= 0.6 is 0 Å². The van der Waals surface area contributed by atoms with E-state index in [4.69, 9.17) is 0 Å². The van der Waals surface area contributed by atoms with Crippen LogP contribution in [0, 0.1) is 5.92 Å². The second-order valence-electron chi connectivity index (χ2n) is 6.20. The second kappa shape index (κ2) is 7.25. The quantitative estimate of drug-likeness (QED) is 0.795. The number of likely N-dealkylation sites (tertiary alicyclic amines) is 1. The van der Waals surface area contributed by atoms with Gasteiger partial charge < -0.3 is 10.4 Å². The van der Waals surface area contributed by atoms with Gasteiger partial charge in [0.15, 0.2) is 0 Å². The predicted molar refractivity (Wildman–Crippen MR) is 75.9 cm³/mol. The van der Waals surface area contributed by atoms with Crippen molar-refractivity contribution in [3.8, 4) is 0 Å². The lowest BCUT2D eigenvalue weighted by molar-refractivity contribution is -0.122. The summed E-state index contributed by atoms with van der Waals surface area (Å²) in [6.07, 6.45) is 7.73. The van der Waals surface area contributed by atoms with Crippen molar-refractivity contribution in [2.24, 2.45) is 5.92 Å². The number of amides is 1. The first kappa shape index (κ1) is 14.8. The normalized spacial score (nSPS) is 29.6. The molecular formula is C15H28N2O2. The standard InChI is InChI=1S/C15H28N2O2/c1-12-5-4-9-17(14(12)11-18)10-8-15(19)16-13-6-2-3-7-13/h12-14,18H,2-11H2,1H3,(H,16,19). The zero-order valence-corrected chi connectivity index (χ0v) is 12.1. The molecule has 0 spiro atoms. The molecule has 2 fully saturated rings. The van der Waals surface area contributed by atoms with Crippen LogP contribution in [-0.2, 0) is 4.79 Å². The number of hydrogen-bond acceptors (Lipinski definition) is 3. The SMILES string of the molecule is CC1CCCN(CCC(=O)NC2CCCC2)C1CO. The molecule has 1 heterocycles. The molecule has 110 valence electrons. The van der Waals surface area contributed by atoms with Crippen molar-refractivity contribution in [1.29, 1.82) is 0 Å². The molecule has 1 saturated carbocycles. The molecule has 0 bridgehead atoms. The third-order valence-corrected chi connectivity index (χ3v) is 4.76. The van der Waals surface area contributed by atoms with E-state index in [1.165, 1.54) is 25.7 Å². The number of rotatable bonds is 5. The highest BCUT2D eigenvalue weighted by molar-refractivity contribution is 5.76. The molecule has 4 nitrogen and oxygen atoms in total. The number of carbonyl (C=O) groups excluding carboxylic acids is 1. The molecule has 1 amide bonds. The monoisotopic (exact) mass is 268 g/mol. The predicted octanol–water partition coefficient (Wildman–Crippen LogP) is 1.53. The van der Waals surface area contributed by atoms with Crippen LogP contribution in [0.5, 0.6) is 0 Å². The van der Waals surface area contributed by atoms with Gasteiger partial charge in [0, 0.05) is 25.0 Å². The largest absolute Gasteiger partial charge is 0.395 e. The molecule has 2 atom stereocenters. The van der Waals surface area contributed by atoms with Crippen LogP contribution < -0.4 is 5.32 Å². The molecule has 1 saturated heterocycles. The van der Waals surface area contributed by atoms with Crippen molar-refractivity contribution in [1.82, 2.24) is 10.2 Å². The lowest BCUT2D eigenvalue weighted by Gasteiger charge is -2.38. The van der Waals surface area contributed by atoms with E-state index in [9.17, 15) is 9.90 Å². The van der Waals surface area contributed by atoms with Crippen LogP contribution in [0.4, 0.5) is 0 Å². The van der Waals surface area contributed by atoms with Gasteiger partial charge in [-0.1, -0.05) is 19.8 Å². The topological polar surface area (TPSA) is 52.6 Å². The maximum Gasteiger partial charge on any atom is 0.221 e. The Morgan fingerprint density at radius 2 is 2.00 bits per heavy atom.